The Hall–Kier alpha value is -8.72. The highest BCUT2D eigenvalue weighted by molar-refractivity contribution is 6.60. The molecule has 9 aromatic carbocycles. The van der Waals surface area contributed by atoms with Crippen LogP contribution in [0, 0.1) is 0 Å². The van der Waals surface area contributed by atoms with Crippen molar-refractivity contribution in [2.45, 2.75) is 25.7 Å². The van der Waals surface area contributed by atoms with Gasteiger partial charge in [0.15, 0.2) is 11.6 Å². The minimum absolute atomic E-state index is 0.0000281. The largest absolute Gasteiger partial charge is 0.289 e. The summed E-state index contributed by atoms with van der Waals surface area (Å²) in [4.78, 5) is 30.5. The second kappa shape index (κ2) is 19.9. The zero-order valence-corrected chi connectivity index (χ0v) is 38.9. The summed E-state index contributed by atoms with van der Waals surface area (Å²) >= 11 is 0. The fraction of sp³-hybridized carbons (Fsp3) is 0.0588. The molecule has 70 heavy (non-hydrogen) atoms. The zero-order valence-electron chi connectivity index (χ0n) is 38.9. The van der Waals surface area contributed by atoms with Crippen LogP contribution in [0.3, 0.4) is 0 Å². The second-order valence-corrected chi connectivity index (χ2v) is 18.1. The van der Waals surface area contributed by atoms with Gasteiger partial charge in [-0.15, -0.1) is 0 Å². The fourth-order valence-corrected chi connectivity index (χ4v) is 10.2. The maximum atomic E-state index is 15.3. The minimum Gasteiger partial charge on any atom is -0.289 e. The van der Waals surface area contributed by atoms with Crippen LogP contribution in [0.25, 0.3) is 44.6 Å². The Morgan fingerprint density at radius 1 is 0.171 bits per heavy atom. The van der Waals surface area contributed by atoms with E-state index in [1.807, 2.05) is 121 Å². The summed E-state index contributed by atoms with van der Waals surface area (Å²) in [6.07, 6.45) is 3.73. The van der Waals surface area contributed by atoms with Crippen molar-refractivity contribution in [3.8, 4) is 0 Å². The van der Waals surface area contributed by atoms with E-state index in [1.165, 1.54) is 22.3 Å². The van der Waals surface area contributed by atoms with Gasteiger partial charge in [-0.25, -0.2) is 0 Å². The molecule has 0 heterocycles. The number of ketones is 2. The number of allylic oxidation sites excluding steroid dienone is 8. The maximum absolute atomic E-state index is 15.3. The van der Waals surface area contributed by atoms with Gasteiger partial charge >= 0.3 is 0 Å². The van der Waals surface area contributed by atoms with Crippen LogP contribution in [-0.4, -0.2) is 11.6 Å². The van der Waals surface area contributed by atoms with Crippen LogP contribution in [0.4, 0.5) is 0 Å². The molecule has 2 aliphatic rings. The Kier molecular flexibility index (Phi) is 12.4. The standard InChI is InChI=1S/C68H50O2/c69-67-63(51-23-11-3-12-24-51)59(55-39-35-49(36-40-55)33-31-47-19-7-1-8-20-47)61(65(67)53-27-15-5-16-28-53)57-43-45-58(46-44-57)62-60(56-41-37-50(38-42-56)34-32-48-21-9-2-10-22-48)64(52-25-13-4-14-26-52)68(70)66(62)54-29-17-6-18-30-54/h1-30,35-46H,31-34H2. The van der Waals surface area contributed by atoms with Gasteiger partial charge in [0.25, 0.3) is 0 Å². The maximum Gasteiger partial charge on any atom is 0.195 e. The number of benzene rings is 9. The van der Waals surface area contributed by atoms with E-state index in [9.17, 15) is 0 Å². The van der Waals surface area contributed by atoms with Crippen molar-refractivity contribution in [1.82, 2.24) is 0 Å². The van der Waals surface area contributed by atoms with Crippen molar-refractivity contribution < 1.29 is 9.59 Å². The van der Waals surface area contributed by atoms with E-state index in [-0.39, 0.29) is 11.6 Å². The van der Waals surface area contributed by atoms with Crippen LogP contribution in [0.15, 0.2) is 255 Å². The third-order valence-electron chi connectivity index (χ3n) is 13.7. The molecule has 2 aliphatic carbocycles. The third kappa shape index (κ3) is 8.80. The van der Waals surface area contributed by atoms with Crippen molar-refractivity contribution in [2.75, 3.05) is 0 Å². The SMILES string of the molecule is O=C1C(c2ccccc2)=C(c2ccc(CCc3ccccc3)cc2)C(c2ccc(C3=C(c4ccccc4)C(=O)C(c4ccccc4)=C3c3ccc(CCc4ccccc4)cc3)cc2)=C1c1ccccc1. The molecule has 0 aromatic heterocycles. The molecule has 0 saturated heterocycles. The smallest absolute Gasteiger partial charge is 0.195 e. The molecule has 0 fully saturated rings. The van der Waals surface area contributed by atoms with E-state index in [0.717, 1.165) is 92.5 Å². The number of hydrogen-bond acceptors (Lipinski definition) is 2. The van der Waals surface area contributed by atoms with Crippen LogP contribution < -0.4 is 0 Å². The van der Waals surface area contributed by atoms with Gasteiger partial charge in [-0.05, 0) is 92.4 Å². The molecule has 0 bridgehead atoms. The predicted octanol–water partition coefficient (Wildman–Crippen LogP) is 15.5. The molecule has 0 radical (unpaired) electrons. The number of carbonyl (C=O) groups excluding carboxylic acids is 2. The van der Waals surface area contributed by atoms with Gasteiger partial charge in [0.05, 0.1) is 0 Å². The first kappa shape index (κ1) is 43.8. The zero-order chi connectivity index (χ0) is 47.2. The van der Waals surface area contributed by atoms with E-state index in [2.05, 4.69) is 133 Å². The molecule has 0 atom stereocenters. The molecule has 2 heteroatoms. The van der Waals surface area contributed by atoms with Crippen molar-refractivity contribution in [2.24, 2.45) is 0 Å². The Balaban J connectivity index is 1.06. The monoisotopic (exact) mass is 898 g/mol. The average Bonchev–Trinajstić information content (AvgIpc) is 3.92. The summed E-state index contributed by atoms with van der Waals surface area (Å²) in [7, 11) is 0. The van der Waals surface area contributed by atoms with Crippen LogP contribution in [0.1, 0.15) is 66.8 Å². The highest BCUT2D eigenvalue weighted by Crippen LogP contribution is 2.52. The van der Waals surface area contributed by atoms with Gasteiger partial charge in [-0.3, -0.25) is 9.59 Å². The van der Waals surface area contributed by atoms with Crippen LogP contribution >= 0.6 is 0 Å². The topological polar surface area (TPSA) is 34.1 Å². The normalized spacial score (nSPS) is 13.8. The van der Waals surface area contributed by atoms with E-state index in [1.54, 1.807) is 0 Å². The Labute approximate surface area is 411 Å². The molecule has 2 nitrogen and oxygen atoms in total. The predicted molar refractivity (Wildman–Crippen MR) is 290 cm³/mol. The van der Waals surface area contributed by atoms with Crippen LogP contribution in [-0.2, 0) is 35.3 Å². The Morgan fingerprint density at radius 2 is 0.343 bits per heavy atom. The second-order valence-electron chi connectivity index (χ2n) is 18.1. The van der Waals surface area contributed by atoms with E-state index < -0.39 is 0 Å². The highest BCUT2D eigenvalue weighted by Gasteiger charge is 2.37. The summed E-state index contributed by atoms with van der Waals surface area (Å²) in [6, 6.07) is 87.7. The van der Waals surface area contributed by atoms with Crippen molar-refractivity contribution in [1.29, 1.82) is 0 Å². The summed E-state index contributed by atoms with van der Waals surface area (Å²) in [5, 5.41) is 0. The lowest BCUT2D eigenvalue weighted by atomic mass is 9.86. The molecule has 11 rings (SSSR count). The molecule has 0 aliphatic heterocycles. The van der Waals surface area contributed by atoms with Gasteiger partial charge in [-0.2, -0.15) is 0 Å². The van der Waals surface area contributed by atoms with Gasteiger partial charge in [0, 0.05) is 44.6 Å². The lowest BCUT2D eigenvalue weighted by molar-refractivity contribution is -0.109. The van der Waals surface area contributed by atoms with Gasteiger partial charge in [-0.1, -0.05) is 255 Å². The minimum atomic E-state index is 0.0000281. The first-order chi connectivity index (χ1) is 34.6. The molecule has 0 amide bonds. The third-order valence-corrected chi connectivity index (χ3v) is 13.7. The van der Waals surface area contributed by atoms with Crippen molar-refractivity contribution >= 4 is 56.2 Å². The molecule has 0 saturated carbocycles. The van der Waals surface area contributed by atoms with E-state index in [4.69, 9.17) is 0 Å². The highest BCUT2D eigenvalue weighted by atomic mass is 16.1. The molecule has 0 N–H and O–H groups in total. The van der Waals surface area contributed by atoms with Crippen LogP contribution in [0.2, 0.25) is 0 Å². The number of rotatable bonds is 14. The van der Waals surface area contributed by atoms with Crippen molar-refractivity contribution in [3.63, 3.8) is 0 Å². The number of aryl methyl sites for hydroxylation is 4. The summed E-state index contributed by atoms with van der Waals surface area (Å²) in [6.45, 7) is 0. The van der Waals surface area contributed by atoms with Gasteiger partial charge < -0.3 is 0 Å². The molecular formula is C68H50O2. The molecular weight excluding hydrogens is 849 g/mol. The van der Waals surface area contributed by atoms with E-state index in [0.29, 0.717) is 22.3 Å². The van der Waals surface area contributed by atoms with Gasteiger partial charge in [0.1, 0.15) is 0 Å². The molecule has 0 spiro atoms. The Morgan fingerprint density at radius 3 is 0.571 bits per heavy atom. The fourth-order valence-electron chi connectivity index (χ4n) is 10.2. The summed E-state index contributed by atoms with van der Waals surface area (Å²) in [5.41, 5.74) is 18.8. The number of hydrogen-bond donors (Lipinski definition) is 0. The average molecular weight is 899 g/mol. The Bertz CT molecular complexity index is 3220. The first-order valence-corrected chi connectivity index (χ1v) is 24.3. The number of Topliss-reactive ketones (excluding diaryl/α,β-unsaturated/α-hetero) is 2. The van der Waals surface area contributed by atoms with Crippen LogP contribution in [0.5, 0.6) is 0 Å². The quantitative estimate of drug-likeness (QED) is 0.109. The van der Waals surface area contributed by atoms with Gasteiger partial charge in [0.2, 0.25) is 0 Å². The molecule has 334 valence electrons. The number of carbonyl (C=O) groups is 2. The lowest BCUT2D eigenvalue weighted by Crippen LogP contribution is -2.02. The molecule has 0 unspecified atom stereocenters. The first-order valence-electron chi connectivity index (χ1n) is 24.3. The summed E-state index contributed by atoms with van der Waals surface area (Å²) in [5.74, 6) is 0.0000561. The van der Waals surface area contributed by atoms with E-state index >= 15 is 9.59 Å². The lowest BCUT2D eigenvalue weighted by Gasteiger charge is -2.17. The summed E-state index contributed by atoms with van der Waals surface area (Å²) < 4.78 is 0. The van der Waals surface area contributed by atoms with Crippen molar-refractivity contribution in [3.05, 3.63) is 322 Å². The molecule has 9 aromatic rings.